The molecule has 1 atom stereocenters. The predicted molar refractivity (Wildman–Crippen MR) is 79.1 cm³/mol. The number of aryl methyl sites for hydroxylation is 1. The lowest BCUT2D eigenvalue weighted by molar-refractivity contribution is 0.286. The van der Waals surface area contributed by atoms with Crippen LogP contribution in [-0.2, 0) is 6.42 Å². The van der Waals surface area contributed by atoms with Crippen molar-refractivity contribution in [3.05, 3.63) is 58.6 Å². The molecule has 2 aromatic carbocycles. The minimum atomic E-state index is 0.178. The molecule has 0 aromatic heterocycles. The van der Waals surface area contributed by atoms with Crippen molar-refractivity contribution < 1.29 is 4.74 Å². The van der Waals surface area contributed by atoms with Crippen molar-refractivity contribution in [1.82, 2.24) is 0 Å². The highest BCUT2D eigenvalue weighted by Gasteiger charge is 2.20. The average Bonchev–Trinajstić information content (AvgIpc) is 2.46. The highest BCUT2D eigenvalue weighted by atomic mass is 35.5. The van der Waals surface area contributed by atoms with Crippen LogP contribution in [0.4, 0.5) is 5.69 Å². The maximum atomic E-state index is 6.01. The molecule has 1 heterocycles. The monoisotopic (exact) mass is 273 g/mol. The number of hydrogen-bond donors (Lipinski definition) is 1. The summed E-state index contributed by atoms with van der Waals surface area (Å²) in [5, 5.41) is 4.20. The van der Waals surface area contributed by atoms with Gasteiger partial charge in [-0.25, -0.2) is 0 Å². The van der Waals surface area contributed by atoms with E-state index in [9.17, 15) is 0 Å². The molecule has 0 radical (unpaired) electrons. The first-order valence-electron chi connectivity index (χ1n) is 6.54. The first-order chi connectivity index (χ1) is 9.26. The third-order valence-corrected chi connectivity index (χ3v) is 3.70. The van der Waals surface area contributed by atoms with Crippen molar-refractivity contribution in [3.63, 3.8) is 0 Å². The Morgan fingerprint density at radius 3 is 2.74 bits per heavy atom. The van der Waals surface area contributed by atoms with Gasteiger partial charge in [0, 0.05) is 5.02 Å². The maximum Gasteiger partial charge on any atom is 0.142 e. The lowest BCUT2D eigenvalue weighted by Crippen LogP contribution is -2.23. The van der Waals surface area contributed by atoms with Crippen LogP contribution in [0.25, 0.3) is 0 Å². The van der Waals surface area contributed by atoms with Gasteiger partial charge in [0.2, 0.25) is 0 Å². The van der Waals surface area contributed by atoms with Gasteiger partial charge in [-0.2, -0.15) is 0 Å². The number of ether oxygens (including phenoxy) is 1. The van der Waals surface area contributed by atoms with Crippen LogP contribution in [0.1, 0.15) is 24.1 Å². The van der Waals surface area contributed by atoms with Gasteiger partial charge in [-0.3, -0.25) is 0 Å². The molecular weight excluding hydrogens is 258 g/mol. The molecular formula is C16H16ClNO. The molecule has 19 heavy (non-hydrogen) atoms. The summed E-state index contributed by atoms with van der Waals surface area (Å²) >= 11 is 6.01. The number of fused-ring (bicyclic) bond motifs is 1. The fraction of sp³-hybridized carbons (Fsp3) is 0.250. The van der Waals surface area contributed by atoms with Gasteiger partial charge in [-0.1, -0.05) is 42.8 Å². The average molecular weight is 274 g/mol. The Hall–Kier alpha value is -1.67. The minimum absolute atomic E-state index is 0.178. The van der Waals surface area contributed by atoms with E-state index in [1.807, 2.05) is 18.2 Å². The summed E-state index contributed by atoms with van der Waals surface area (Å²) < 4.78 is 5.78. The van der Waals surface area contributed by atoms with E-state index in [0.29, 0.717) is 6.61 Å². The lowest BCUT2D eigenvalue weighted by atomic mass is 10.0. The first kappa shape index (κ1) is 12.4. The third-order valence-electron chi connectivity index (χ3n) is 3.47. The Labute approximate surface area is 118 Å². The normalized spacial score (nSPS) is 17.3. The van der Waals surface area contributed by atoms with E-state index in [1.165, 1.54) is 11.1 Å². The molecule has 0 aliphatic carbocycles. The molecule has 1 aliphatic heterocycles. The molecule has 0 saturated heterocycles. The number of rotatable bonds is 2. The number of halogens is 1. The molecule has 1 unspecified atom stereocenters. The maximum absolute atomic E-state index is 6.01. The SMILES string of the molecule is CCc1ccc(C2COc3ccc(Cl)cc3N2)cc1. The number of hydrogen-bond acceptors (Lipinski definition) is 2. The number of anilines is 1. The summed E-state index contributed by atoms with van der Waals surface area (Å²) in [6.45, 7) is 2.80. The Morgan fingerprint density at radius 2 is 2.00 bits per heavy atom. The van der Waals surface area contributed by atoms with Crippen LogP contribution < -0.4 is 10.1 Å². The summed E-state index contributed by atoms with van der Waals surface area (Å²) in [5.74, 6) is 0.867. The van der Waals surface area contributed by atoms with Crippen LogP contribution in [0, 0.1) is 0 Å². The van der Waals surface area contributed by atoms with Gasteiger partial charge in [0.1, 0.15) is 12.4 Å². The number of nitrogens with one attached hydrogen (secondary N) is 1. The topological polar surface area (TPSA) is 21.3 Å². The Bertz CT molecular complexity index is 580. The highest BCUT2D eigenvalue weighted by Crippen LogP contribution is 2.35. The Morgan fingerprint density at radius 1 is 1.21 bits per heavy atom. The quantitative estimate of drug-likeness (QED) is 0.873. The predicted octanol–water partition coefficient (Wildman–Crippen LogP) is 4.45. The van der Waals surface area contributed by atoms with Gasteiger partial charge < -0.3 is 10.1 Å². The van der Waals surface area contributed by atoms with Crippen LogP contribution in [0.3, 0.4) is 0 Å². The number of benzene rings is 2. The summed E-state index contributed by atoms with van der Waals surface area (Å²) in [5.41, 5.74) is 3.55. The molecule has 1 N–H and O–H groups in total. The van der Waals surface area contributed by atoms with E-state index in [4.69, 9.17) is 16.3 Å². The molecule has 0 spiro atoms. The minimum Gasteiger partial charge on any atom is -0.489 e. The van der Waals surface area contributed by atoms with Crippen LogP contribution >= 0.6 is 11.6 Å². The van der Waals surface area contributed by atoms with Crippen LogP contribution in [0.5, 0.6) is 5.75 Å². The second-order valence-corrected chi connectivity index (χ2v) is 5.18. The summed E-state index contributed by atoms with van der Waals surface area (Å²) in [4.78, 5) is 0. The third kappa shape index (κ3) is 2.54. The van der Waals surface area contributed by atoms with Gasteiger partial charge in [0.25, 0.3) is 0 Å². The molecule has 0 fully saturated rings. The second-order valence-electron chi connectivity index (χ2n) is 4.74. The molecule has 0 bridgehead atoms. The van der Waals surface area contributed by atoms with Crippen molar-refractivity contribution in [2.24, 2.45) is 0 Å². The van der Waals surface area contributed by atoms with Gasteiger partial charge in [0.05, 0.1) is 11.7 Å². The van der Waals surface area contributed by atoms with E-state index in [0.717, 1.165) is 22.9 Å². The molecule has 1 aliphatic rings. The fourth-order valence-electron chi connectivity index (χ4n) is 2.31. The van der Waals surface area contributed by atoms with Crippen LogP contribution in [0.15, 0.2) is 42.5 Å². The standard InChI is InChI=1S/C16H16ClNO/c1-2-11-3-5-12(6-4-11)15-10-19-16-8-7-13(17)9-14(16)18-15/h3-9,15,18H,2,10H2,1H3. The van der Waals surface area contributed by atoms with Crippen molar-refractivity contribution in [2.45, 2.75) is 19.4 Å². The van der Waals surface area contributed by atoms with Gasteiger partial charge in [-0.05, 0) is 35.7 Å². The molecule has 3 heteroatoms. The summed E-state index contributed by atoms with van der Waals surface area (Å²) in [6, 6.07) is 14.5. The summed E-state index contributed by atoms with van der Waals surface area (Å²) in [6.07, 6.45) is 1.06. The molecule has 98 valence electrons. The van der Waals surface area contributed by atoms with E-state index < -0.39 is 0 Å². The lowest BCUT2D eigenvalue weighted by Gasteiger charge is -2.28. The van der Waals surface area contributed by atoms with Crippen LogP contribution in [-0.4, -0.2) is 6.61 Å². The zero-order chi connectivity index (χ0) is 13.2. The Balaban J connectivity index is 1.84. The zero-order valence-corrected chi connectivity index (χ0v) is 11.6. The van der Waals surface area contributed by atoms with E-state index in [-0.39, 0.29) is 6.04 Å². The van der Waals surface area contributed by atoms with Crippen molar-refractivity contribution in [1.29, 1.82) is 0 Å². The van der Waals surface area contributed by atoms with Crippen molar-refractivity contribution in [2.75, 3.05) is 11.9 Å². The van der Waals surface area contributed by atoms with Crippen molar-refractivity contribution in [3.8, 4) is 5.75 Å². The van der Waals surface area contributed by atoms with Crippen LogP contribution in [0.2, 0.25) is 5.02 Å². The molecule has 2 aromatic rings. The van der Waals surface area contributed by atoms with Gasteiger partial charge >= 0.3 is 0 Å². The second kappa shape index (κ2) is 5.14. The van der Waals surface area contributed by atoms with Gasteiger partial charge in [0.15, 0.2) is 0 Å². The van der Waals surface area contributed by atoms with Gasteiger partial charge in [-0.15, -0.1) is 0 Å². The molecule has 0 saturated carbocycles. The fourth-order valence-corrected chi connectivity index (χ4v) is 2.48. The van der Waals surface area contributed by atoms with E-state index in [1.54, 1.807) is 0 Å². The molecule has 3 rings (SSSR count). The summed E-state index contributed by atoms with van der Waals surface area (Å²) in [7, 11) is 0. The first-order valence-corrected chi connectivity index (χ1v) is 6.92. The zero-order valence-electron chi connectivity index (χ0n) is 10.8. The van der Waals surface area contributed by atoms with E-state index >= 15 is 0 Å². The van der Waals surface area contributed by atoms with Crippen molar-refractivity contribution >= 4 is 17.3 Å². The highest BCUT2D eigenvalue weighted by molar-refractivity contribution is 6.30. The van der Waals surface area contributed by atoms with E-state index in [2.05, 4.69) is 36.5 Å². The molecule has 0 amide bonds. The Kier molecular flexibility index (Phi) is 3.34. The smallest absolute Gasteiger partial charge is 0.142 e. The largest absolute Gasteiger partial charge is 0.489 e. The molecule has 2 nitrogen and oxygen atoms in total.